The topological polar surface area (TPSA) is 59.8 Å². The van der Waals surface area contributed by atoms with Crippen LogP contribution in [-0.4, -0.2) is 26.4 Å². The summed E-state index contributed by atoms with van der Waals surface area (Å²) in [7, 11) is 0. The fourth-order valence-corrected chi connectivity index (χ4v) is 3.88. The third kappa shape index (κ3) is 4.87. The van der Waals surface area contributed by atoms with Crippen LogP contribution in [0.25, 0.3) is 5.69 Å². The lowest BCUT2D eigenvalue weighted by molar-refractivity contribution is -0.119. The maximum Gasteiger partial charge on any atom is 0.230 e. The zero-order valence-electron chi connectivity index (χ0n) is 15.7. The van der Waals surface area contributed by atoms with Crippen molar-refractivity contribution in [1.82, 2.24) is 20.1 Å². The van der Waals surface area contributed by atoms with Gasteiger partial charge in [0.25, 0.3) is 0 Å². The number of nitrogens with zero attached hydrogens (tertiary/aromatic N) is 3. The summed E-state index contributed by atoms with van der Waals surface area (Å²) in [6.07, 6.45) is 1.66. The first-order chi connectivity index (χ1) is 13.3. The molecule has 0 aliphatic carbocycles. The largest absolute Gasteiger partial charge is 0.349 e. The van der Waals surface area contributed by atoms with E-state index < -0.39 is 0 Å². The van der Waals surface area contributed by atoms with Crippen LogP contribution in [0.3, 0.4) is 0 Å². The van der Waals surface area contributed by atoms with E-state index in [1.807, 2.05) is 36.6 Å². The number of aromatic nitrogens is 3. The molecule has 0 saturated carbocycles. The number of benzene rings is 2. The highest BCUT2D eigenvalue weighted by molar-refractivity contribution is 7.99. The molecule has 0 radical (unpaired) electrons. The van der Waals surface area contributed by atoms with Crippen LogP contribution in [0.5, 0.6) is 0 Å². The summed E-state index contributed by atoms with van der Waals surface area (Å²) in [5.74, 6) is 0.133. The van der Waals surface area contributed by atoms with Crippen LogP contribution >= 0.6 is 35.0 Å². The number of carbonyl (C=O) groups excluding carboxylic acids is 1. The van der Waals surface area contributed by atoms with Gasteiger partial charge in [-0.3, -0.25) is 9.36 Å². The lowest BCUT2D eigenvalue weighted by Gasteiger charge is -2.15. The summed E-state index contributed by atoms with van der Waals surface area (Å²) >= 11 is 13.3. The zero-order valence-corrected chi connectivity index (χ0v) is 18.1. The Labute approximate surface area is 178 Å². The Bertz CT molecular complexity index is 1010. The number of amides is 1. The molecule has 0 aliphatic rings. The van der Waals surface area contributed by atoms with Crippen LogP contribution < -0.4 is 5.32 Å². The molecular weight excluding hydrogens is 415 g/mol. The molecular formula is C20H20Cl2N4OS. The molecule has 0 bridgehead atoms. The van der Waals surface area contributed by atoms with Crippen molar-refractivity contribution in [2.45, 2.75) is 32.0 Å². The minimum Gasteiger partial charge on any atom is -0.349 e. The van der Waals surface area contributed by atoms with Gasteiger partial charge in [0.1, 0.15) is 6.33 Å². The Hall–Kier alpha value is -2.02. The molecule has 8 heteroatoms. The van der Waals surface area contributed by atoms with E-state index in [0.29, 0.717) is 15.2 Å². The van der Waals surface area contributed by atoms with Crippen molar-refractivity contribution >= 4 is 40.9 Å². The van der Waals surface area contributed by atoms with Gasteiger partial charge in [-0.15, -0.1) is 10.2 Å². The molecule has 0 saturated heterocycles. The first-order valence-electron chi connectivity index (χ1n) is 8.70. The van der Waals surface area contributed by atoms with E-state index in [4.69, 9.17) is 23.2 Å². The van der Waals surface area contributed by atoms with Gasteiger partial charge in [0, 0.05) is 0 Å². The highest BCUT2D eigenvalue weighted by atomic mass is 35.5. The fourth-order valence-electron chi connectivity index (χ4n) is 2.84. The van der Waals surface area contributed by atoms with Crippen molar-refractivity contribution in [3.63, 3.8) is 0 Å². The van der Waals surface area contributed by atoms with Gasteiger partial charge in [0.05, 0.1) is 27.5 Å². The molecule has 0 fully saturated rings. The van der Waals surface area contributed by atoms with Gasteiger partial charge < -0.3 is 5.32 Å². The highest BCUT2D eigenvalue weighted by Crippen LogP contribution is 2.26. The lowest BCUT2D eigenvalue weighted by atomic mass is 10.1. The first-order valence-corrected chi connectivity index (χ1v) is 10.4. The van der Waals surface area contributed by atoms with Gasteiger partial charge in [-0.25, -0.2) is 0 Å². The van der Waals surface area contributed by atoms with Crippen LogP contribution in [-0.2, 0) is 4.79 Å². The van der Waals surface area contributed by atoms with E-state index in [-0.39, 0.29) is 17.7 Å². The second-order valence-corrected chi connectivity index (χ2v) is 8.28. The summed E-state index contributed by atoms with van der Waals surface area (Å²) in [4.78, 5) is 12.4. The van der Waals surface area contributed by atoms with Crippen molar-refractivity contribution in [2.75, 3.05) is 5.75 Å². The number of aryl methyl sites for hydroxylation is 2. The standard InChI is InChI=1S/C20H20Cl2N4OS/c1-12-4-7-18(13(2)8-12)26-11-23-25-20(26)28-10-19(27)24-14(3)15-5-6-16(21)17(22)9-15/h4-9,11,14H,10H2,1-3H3,(H,24,27). The summed E-state index contributed by atoms with van der Waals surface area (Å²) in [5, 5.41) is 12.7. The van der Waals surface area contributed by atoms with Gasteiger partial charge in [0.15, 0.2) is 5.16 Å². The van der Waals surface area contributed by atoms with Crippen molar-refractivity contribution in [1.29, 1.82) is 0 Å². The predicted molar refractivity (Wildman–Crippen MR) is 115 cm³/mol. The van der Waals surface area contributed by atoms with Crippen LogP contribution in [0.2, 0.25) is 10.0 Å². The zero-order chi connectivity index (χ0) is 20.3. The number of thioether (sulfide) groups is 1. The number of halogens is 2. The van der Waals surface area contributed by atoms with Crippen molar-refractivity contribution in [3.8, 4) is 5.69 Å². The fraction of sp³-hybridized carbons (Fsp3) is 0.250. The summed E-state index contributed by atoms with van der Waals surface area (Å²) in [6, 6.07) is 11.3. The van der Waals surface area contributed by atoms with E-state index in [1.54, 1.807) is 18.5 Å². The number of carbonyl (C=O) groups is 1. The molecule has 1 heterocycles. The minimum atomic E-state index is -0.180. The summed E-state index contributed by atoms with van der Waals surface area (Å²) in [6.45, 7) is 6.00. The average Bonchev–Trinajstić information content (AvgIpc) is 3.10. The second-order valence-electron chi connectivity index (χ2n) is 6.52. The summed E-state index contributed by atoms with van der Waals surface area (Å²) < 4.78 is 1.90. The van der Waals surface area contributed by atoms with E-state index in [1.165, 1.54) is 17.3 Å². The molecule has 1 amide bonds. The Morgan fingerprint density at radius 1 is 1.18 bits per heavy atom. The Morgan fingerprint density at radius 2 is 1.96 bits per heavy atom. The molecule has 1 aromatic heterocycles. The van der Waals surface area contributed by atoms with Crippen LogP contribution in [0.4, 0.5) is 0 Å². The monoisotopic (exact) mass is 434 g/mol. The number of hydrogen-bond donors (Lipinski definition) is 1. The molecule has 1 N–H and O–H groups in total. The molecule has 3 rings (SSSR count). The maximum absolute atomic E-state index is 12.4. The van der Waals surface area contributed by atoms with Gasteiger partial charge in [-0.2, -0.15) is 0 Å². The molecule has 1 atom stereocenters. The van der Waals surface area contributed by atoms with Crippen LogP contribution in [0, 0.1) is 13.8 Å². The third-order valence-electron chi connectivity index (χ3n) is 4.28. The molecule has 0 aliphatic heterocycles. The number of hydrogen-bond acceptors (Lipinski definition) is 4. The SMILES string of the molecule is Cc1ccc(-n2cnnc2SCC(=O)NC(C)c2ccc(Cl)c(Cl)c2)c(C)c1. The van der Waals surface area contributed by atoms with Crippen molar-refractivity contribution in [2.24, 2.45) is 0 Å². The quantitative estimate of drug-likeness (QED) is 0.544. The van der Waals surface area contributed by atoms with Gasteiger partial charge in [-0.05, 0) is 50.1 Å². The molecule has 3 aromatic rings. The van der Waals surface area contributed by atoms with Gasteiger partial charge >= 0.3 is 0 Å². The Balaban J connectivity index is 1.64. The highest BCUT2D eigenvalue weighted by Gasteiger charge is 2.14. The molecule has 0 spiro atoms. The van der Waals surface area contributed by atoms with E-state index >= 15 is 0 Å². The van der Waals surface area contributed by atoms with Gasteiger partial charge in [-0.1, -0.05) is 58.7 Å². The smallest absolute Gasteiger partial charge is 0.230 e. The molecule has 146 valence electrons. The van der Waals surface area contributed by atoms with E-state index in [2.05, 4.69) is 28.5 Å². The average molecular weight is 435 g/mol. The molecule has 2 aromatic carbocycles. The predicted octanol–water partition coefficient (Wildman–Crippen LogP) is 5.16. The number of nitrogens with one attached hydrogen (secondary N) is 1. The molecule has 28 heavy (non-hydrogen) atoms. The normalized spacial score (nSPS) is 12.0. The Morgan fingerprint density at radius 3 is 2.68 bits per heavy atom. The minimum absolute atomic E-state index is 0.0984. The lowest BCUT2D eigenvalue weighted by Crippen LogP contribution is -2.28. The first kappa shape index (κ1) is 20.7. The van der Waals surface area contributed by atoms with Crippen molar-refractivity contribution < 1.29 is 4.79 Å². The van der Waals surface area contributed by atoms with Crippen LogP contribution in [0.15, 0.2) is 47.9 Å². The molecule has 5 nitrogen and oxygen atoms in total. The van der Waals surface area contributed by atoms with E-state index in [0.717, 1.165) is 16.8 Å². The number of rotatable bonds is 6. The second kappa shape index (κ2) is 8.99. The summed E-state index contributed by atoms with van der Waals surface area (Å²) in [5.41, 5.74) is 4.22. The molecule has 1 unspecified atom stereocenters. The van der Waals surface area contributed by atoms with E-state index in [9.17, 15) is 4.79 Å². The Kier molecular flexibility index (Phi) is 6.65. The maximum atomic E-state index is 12.4. The van der Waals surface area contributed by atoms with Crippen molar-refractivity contribution in [3.05, 3.63) is 69.5 Å². The third-order valence-corrected chi connectivity index (χ3v) is 5.96. The van der Waals surface area contributed by atoms with Crippen LogP contribution in [0.1, 0.15) is 29.7 Å². The van der Waals surface area contributed by atoms with Gasteiger partial charge in [0.2, 0.25) is 5.91 Å².